The molecule has 214 valence electrons. The van der Waals surface area contributed by atoms with Gasteiger partial charge in [-0.1, -0.05) is 79.0 Å². The van der Waals surface area contributed by atoms with Gasteiger partial charge in [-0.2, -0.15) is 13.2 Å². The van der Waals surface area contributed by atoms with Gasteiger partial charge in [0, 0.05) is 19.6 Å². The minimum absolute atomic E-state index is 0.0786. The average Bonchev–Trinajstić information content (AvgIpc) is 3.45. The third-order valence-electron chi connectivity index (χ3n) is 7.57. The molecule has 1 atom stereocenters. The molecule has 3 aromatic carbocycles. The monoisotopic (exact) mass is 573 g/mol. The van der Waals surface area contributed by atoms with Crippen LogP contribution in [0.5, 0.6) is 5.75 Å². The van der Waals surface area contributed by atoms with E-state index < -0.39 is 17.7 Å². The lowest BCUT2D eigenvalue weighted by Crippen LogP contribution is -2.33. The van der Waals surface area contributed by atoms with Gasteiger partial charge >= 0.3 is 12.1 Å². The van der Waals surface area contributed by atoms with Crippen molar-refractivity contribution < 1.29 is 27.8 Å². The summed E-state index contributed by atoms with van der Waals surface area (Å²) in [5, 5.41) is 8.80. The molecular formula is C32H35ClF3NO3. The summed E-state index contributed by atoms with van der Waals surface area (Å²) in [7, 11) is 0. The van der Waals surface area contributed by atoms with Crippen molar-refractivity contribution in [1.82, 2.24) is 4.90 Å². The smallest absolute Gasteiger partial charge is 0.417 e. The highest BCUT2D eigenvalue weighted by atomic mass is 35.5. The number of carboxylic acid groups (broad SMARTS) is 1. The maximum Gasteiger partial charge on any atom is 0.417 e. The highest BCUT2D eigenvalue weighted by molar-refractivity contribution is 6.32. The lowest BCUT2D eigenvalue weighted by molar-refractivity contribution is -0.138. The Morgan fingerprint density at radius 3 is 2.45 bits per heavy atom. The normalized spacial score (nSPS) is 14.9. The largest absolute Gasteiger partial charge is 0.494 e. The van der Waals surface area contributed by atoms with Gasteiger partial charge in [-0.15, -0.1) is 0 Å². The van der Waals surface area contributed by atoms with Crippen LogP contribution < -0.4 is 4.74 Å². The second kappa shape index (κ2) is 14.0. The molecule has 0 aromatic heterocycles. The van der Waals surface area contributed by atoms with Crippen LogP contribution in [0.2, 0.25) is 5.02 Å². The molecule has 4 rings (SSSR count). The predicted octanol–water partition coefficient (Wildman–Crippen LogP) is 8.23. The first-order valence-electron chi connectivity index (χ1n) is 13.8. The lowest BCUT2D eigenvalue weighted by Gasteiger charge is -2.32. The van der Waals surface area contributed by atoms with E-state index in [1.54, 1.807) is 30.3 Å². The number of alkyl halides is 3. The van der Waals surface area contributed by atoms with E-state index in [0.29, 0.717) is 55.5 Å². The zero-order valence-electron chi connectivity index (χ0n) is 22.4. The van der Waals surface area contributed by atoms with E-state index in [2.05, 4.69) is 17.0 Å². The van der Waals surface area contributed by atoms with Crippen LogP contribution in [0.4, 0.5) is 13.2 Å². The molecule has 8 heteroatoms. The Hall–Kier alpha value is -3.03. The van der Waals surface area contributed by atoms with Crippen LogP contribution in [0, 0.1) is 5.92 Å². The minimum Gasteiger partial charge on any atom is -0.494 e. The highest BCUT2D eigenvalue weighted by Gasteiger charge is 2.34. The van der Waals surface area contributed by atoms with E-state index in [4.69, 9.17) is 21.4 Å². The van der Waals surface area contributed by atoms with Gasteiger partial charge in [-0.3, -0.25) is 9.69 Å². The summed E-state index contributed by atoms with van der Waals surface area (Å²) < 4.78 is 46.6. The zero-order valence-corrected chi connectivity index (χ0v) is 23.1. The second-order valence-electron chi connectivity index (χ2n) is 10.5. The molecule has 40 heavy (non-hydrogen) atoms. The van der Waals surface area contributed by atoms with Crippen LogP contribution in [0.25, 0.3) is 0 Å². The first kappa shape index (κ1) is 29.9. The molecule has 0 spiro atoms. The standard InChI is InChI=1S/C32H35ClF3NO3/c33-31-26(14-7-16-29(31)32(34,35)36)21-37(17-8-18-40-27-15-6-9-23(19-27)20-30(38)39)22-28(25-12-4-5-13-25)24-10-2-1-3-11-24/h1-3,6-7,9-11,14-16,19,25,28H,4-5,8,12-13,17-18,20-22H2,(H,38,39)/t28-/m1/s1. The number of halogens is 4. The maximum absolute atomic E-state index is 13.6. The average molecular weight is 574 g/mol. The number of hydrogen-bond acceptors (Lipinski definition) is 3. The molecule has 1 aliphatic carbocycles. The molecule has 4 nitrogen and oxygen atoms in total. The van der Waals surface area contributed by atoms with Gasteiger partial charge in [-0.25, -0.2) is 0 Å². The number of nitrogens with zero attached hydrogens (tertiary/aromatic N) is 1. The van der Waals surface area contributed by atoms with E-state index in [-0.39, 0.29) is 17.4 Å². The van der Waals surface area contributed by atoms with Crippen molar-refractivity contribution in [3.63, 3.8) is 0 Å². The summed E-state index contributed by atoms with van der Waals surface area (Å²) in [6.45, 7) is 2.00. The van der Waals surface area contributed by atoms with Gasteiger partial charge in [0.2, 0.25) is 0 Å². The molecule has 3 aromatic rings. The Morgan fingerprint density at radius 1 is 1.02 bits per heavy atom. The molecule has 0 saturated heterocycles. The van der Waals surface area contributed by atoms with Crippen molar-refractivity contribution >= 4 is 17.6 Å². The summed E-state index contributed by atoms with van der Waals surface area (Å²) in [5.41, 5.74) is 1.55. The summed E-state index contributed by atoms with van der Waals surface area (Å²) in [4.78, 5) is 13.2. The Balaban J connectivity index is 1.50. The number of carbonyl (C=O) groups is 1. The summed E-state index contributed by atoms with van der Waals surface area (Å²) in [5.74, 6) is 0.479. The van der Waals surface area contributed by atoms with Crippen molar-refractivity contribution in [3.05, 3.63) is 100 Å². The fourth-order valence-corrected chi connectivity index (χ4v) is 5.95. The zero-order chi connectivity index (χ0) is 28.5. The minimum atomic E-state index is -4.52. The molecule has 1 saturated carbocycles. The third kappa shape index (κ3) is 8.48. The molecule has 0 radical (unpaired) electrons. The van der Waals surface area contributed by atoms with Crippen LogP contribution in [0.3, 0.4) is 0 Å². The first-order valence-corrected chi connectivity index (χ1v) is 14.1. The lowest BCUT2D eigenvalue weighted by atomic mass is 9.84. The SMILES string of the molecule is O=C(O)Cc1cccc(OCCCN(Cc2cccc(C(F)(F)F)c2Cl)C[C@H](c2ccccc2)C2CCCC2)c1. The van der Waals surface area contributed by atoms with Gasteiger partial charge in [0.1, 0.15) is 5.75 Å². The Kier molecular flexibility index (Phi) is 10.5. The van der Waals surface area contributed by atoms with E-state index in [1.165, 1.54) is 24.5 Å². The van der Waals surface area contributed by atoms with Crippen LogP contribution >= 0.6 is 11.6 Å². The predicted molar refractivity (Wildman–Crippen MR) is 151 cm³/mol. The van der Waals surface area contributed by atoms with Crippen molar-refractivity contribution in [1.29, 1.82) is 0 Å². The van der Waals surface area contributed by atoms with Crippen LogP contribution in [-0.4, -0.2) is 35.7 Å². The number of carboxylic acids is 1. The maximum atomic E-state index is 13.6. The quantitative estimate of drug-likeness (QED) is 0.209. The summed E-state index contributed by atoms with van der Waals surface area (Å²) >= 11 is 6.30. The number of aliphatic carboxylic acids is 1. The van der Waals surface area contributed by atoms with Crippen molar-refractivity contribution in [2.45, 2.75) is 57.2 Å². The first-order chi connectivity index (χ1) is 19.2. The Morgan fingerprint density at radius 2 is 1.75 bits per heavy atom. The molecule has 1 aliphatic rings. The van der Waals surface area contributed by atoms with Crippen LogP contribution in [0.1, 0.15) is 60.3 Å². The molecule has 0 amide bonds. The van der Waals surface area contributed by atoms with E-state index in [1.807, 2.05) is 18.2 Å². The molecule has 0 aliphatic heterocycles. The van der Waals surface area contributed by atoms with Gasteiger partial charge in [-0.05, 0) is 66.0 Å². The third-order valence-corrected chi connectivity index (χ3v) is 8.02. The highest BCUT2D eigenvalue weighted by Crippen LogP contribution is 2.39. The van der Waals surface area contributed by atoms with E-state index in [0.717, 1.165) is 18.9 Å². The summed E-state index contributed by atoms with van der Waals surface area (Å²) in [6.07, 6.45) is 0.736. The Labute approximate surface area is 238 Å². The van der Waals surface area contributed by atoms with E-state index >= 15 is 0 Å². The van der Waals surface area contributed by atoms with Gasteiger partial charge in [0.05, 0.1) is 23.6 Å². The van der Waals surface area contributed by atoms with Gasteiger partial charge in [0.25, 0.3) is 0 Å². The molecule has 0 bridgehead atoms. The summed E-state index contributed by atoms with van der Waals surface area (Å²) in [6, 6.07) is 21.5. The topological polar surface area (TPSA) is 49.8 Å². The van der Waals surface area contributed by atoms with E-state index in [9.17, 15) is 18.0 Å². The van der Waals surface area contributed by atoms with Crippen molar-refractivity contribution in [3.8, 4) is 5.75 Å². The van der Waals surface area contributed by atoms with Gasteiger partial charge in [0.15, 0.2) is 0 Å². The number of benzene rings is 3. The Bertz CT molecular complexity index is 1250. The van der Waals surface area contributed by atoms with Crippen LogP contribution in [-0.2, 0) is 23.9 Å². The molecule has 0 unspecified atom stereocenters. The molecule has 0 heterocycles. The molecular weight excluding hydrogens is 539 g/mol. The molecule has 1 fully saturated rings. The fraction of sp³-hybridized carbons (Fsp3) is 0.406. The number of ether oxygens (including phenoxy) is 1. The van der Waals surface area contributed by atoms with Crippen molar-refractivity contribution in [2.75, 3.05) is 19.7 Å². The number of rotatable bonds is 13. The number of hydrogen-bond donors (Lipinski definition) is 1. The van der Waals surface area contributed by atoms with Crippen molar-refractivity contribution in [2.24, 2.45) is 5.92 Å². The second-order valence-corrected chi connectivity index (χ2v) is 10.9. The van der Waals surface area contributed by atoms with Crippen LogP contribution in [0.15, 0.2) is 72.8 Å². The molecule has 1 N–H and O–H groups in total. The fourth-order valence-electron chi connectivity index (χ4n) is 5.66. The van der Waals surface area contributed by atoms with Gasteiger partial charge < -0.3 is 9.84 Å².